The van der Waals surface area contributed by atoms with E-state index in [-0.39, 0.29) is 23.0 Å². The van der Waals surface area contributed by atoms with Gasteiger partial charge < -0.3 is 10.2 Å². The normalized spacial score (nSPS) is 14.1. The second-order valence-corrected chi connectivity index (χ2v) is 11.2. The number of rotatable bonds is 7. The van der Waals surface area contributed by atoms with Gasteiger partial charge in [0.1, 0.15) is 0 Å². The first kappa shape index (κ1) is 24.3. The Morgan fingerprint density at radius 1 is 0.941 bits per heavy atom. The Labute approximate surface area is 206 Å². The number of hydrogen-bond donors (Lipinski definition) is 1. The molecule has 5 nitrogen and oxygen atoms in total. The summed E-state index contributed by atoms with van der Waals surface area (Å²) in [4.78, 5) is 15.3. The lowest BCUT2D eigenvalue weighted by molar-refractivity contribution is -0.115. The summed E-state index contributed by atoms with van der Waals surface area (Å²) in [5, 5.41) is 3.47. The van der Waals surface area contributed by atoms with Crippen molar-refractivity contribution in [2.75, 3.05) is 29.1 Å². The lowest BCUT2D eigenvalue weighted by Crippen LogP contribution is -2.29. The fraction of sp³-hybridized carbons (Fsp3) is 0.296. The Kier molecular flexibility index (Phi) is 7.59. The molecule has 0 atom stereocenters. The maximum absolute atomic E-state index is 12.6. The minimum Gasteiger partial charge on any atom is -0.371 e. The van der Waals surface area contributed by atoms with E-state index in [1.54, 1.807) is 37.3 Å². The van der Waals surface area contributed by atoms with Crippen LogP contribution in [0.2, 0.25) is 5.02 Å². The summed E-state index contributed by atoms with van der Waals surface area (Å²) in [7, 11) is -3.25. The first-order valence-electron chi connectivity index (χ1n) is 11.6. The minimum atomic E-state index is -3.25. The van der Waals surface area contributed by atoms with Crippen LogP contribution >= 0.6 is 11.6 Å². The zero-order valence-corrected chi connectivity index (χ0v) is 20.8. The van der Waals surface area contributed by atoms with Gasteiger partial charge in [-0.25, -0.2) is 8.42 Å². The molecule has 3 aromatic carbocycles. The molecule has 0 aromatic heterocycles. The zero-order valence-electron chi connectivity index (χ0n) is 19.3. The highest BCUT2D eigenvalue weighted by Crippen LogP contribution is 2.37. The van der Waals surface area contributed by atoms with E-state index in [1.165, 1.54) is 24.9 Å². The first-order chi connectivity index (χ1) is 16.4. The van der Waals surface area contributed by atoms with Crippen LogP contribution in [0.25, 0.3) is 11.1 Å². The monoisotopic (exact) mass is 496 g/mol. The molecule has 1 aliphatic heterocycles. The average Bonchev–Trinajstić information content (AvgIpc) is 2.85. The van der Waals surface area contributed by atoms with Crippen LogP contribution < -0.4 is 10.2 Å². The van der Waals surface area contributed by atoms with Crippen molar-refractivity contribution >= 4 is 38.7 Å². The Morgan fingerprint density at radius 2 is 1.65 bits per heavy atom. The molecule has 1 N–H and O–H groups in total. The van der Waals surface area contributed by atoms with Crippen molar-refractivity contribution in [3.05, 3.63) is 77.3 Å². The molecule has 4 rings (SSSR count). The summed E-state index contributed by atoms with van der Waals surface area (Å²) >= 11 is 6.67. The van der Waals surface area contributed by atoms with Crippen molar-refractivity contribution in [1.29, 1.82) is 0 Å². The van der Waals surface area contributed by atoms with Crippen LogP contribution in [0.3, 0.4) is 0 Å². The molecule has 0 saturated carbocycles. The molecule has 7 heteroatoms. The predicted octanol–water partition coefficient (Wildman–Crippen LogP) is 5.97. The lowest BCUT2D eigenvalue weighted by Gasteiger charge is -2.31. The van der Waals surface area contributed by atoms with Crippen molar-refractivity contribution < 1.29 is 13.2 Å². The maximum atomic E-state index is 12.6. The van der Waals surface area contributed by atoms with Crippen LogP contribution in [0.1, 0.15) is 31.7 Å². The Hall–Kier alpha value is -2.83. The quantitative estimate of drug-likeness (QED) is 0.437. The number of carbonyl (C=O) groups is 1. The van der Waals surface area contributed by atoms with Crippen LogP contribution in [0, 0.1) is 0 Å². The van der Waals surface area contributed by atoms with Crippen LogP contribution in [0.15, 0.2) is 71.6 Å². The van der Waals surface area contributed by atoms with Gasteiger partial charge in [-0.05, 0) is 55.2 Å². The summed E-state index contributed by atoms with van der Waals surface area (Å²) in [5.41, 5.74) is 4.59. The molecule has 0 aliphatic carbocycles. The summed E-state index contributed by atoms with van der Waals surface area (Å²) in [6.45, 7) is 3.71. The Morgan fingerprint density at radius 3 is 2.32 bits per heavy atom. The molecular formula is C27H29ClN2O3S. The van der Waals surface area contributed by atoms with E-state index >= 15 is 0 Å². The molecule has 1 saturated heterocycles. The largest absolute Gasteiger partial charge is 0.371 e. The SMILES string of the molecule is CCS(=O)(=O)c1ccc(CC(=O)Nc2ccc(-c3ccccc3N3CCCCC3)c(Cl)c2)cc1. The van der Waals surface area contributed by atoms with E-state index in [0.717, 1.165) is 29.8 Å². The van der Waals surface area contributed by atoms with Crippen molar-refractivity contribution in [2.24, 2.45) is 0 Å². The number of nitrogens with one attached hydrogen (secondary N) is 1. The topological polar surface area (TPSA) is 66.5 Å². The van der Waals surface area contributed by atoms with Gasteiger partial charge in [0.25, 0.3) is 0 Å². The highest BCUT2D eigenvalue weighted by Gasteiger charge is 2.17. The van der Waals surface area contributed by atoms with Crippen LogP contribution in [0.4, 0.5) is 11.4 Å². The van der Waals surface area contributed by atoms with Gasteiger partial charge in [-0.15, -0.1) is 0 Å². The molecule has 1 amide bonds. The maximum Gasteiger partial charge on any atom is 0.228 e. The van der Waals surface area contributed by atoms with E-state index in [2.05, 4.69) is 28.4 Å². The van der Waals surface area contributed by atoms with Gasteiger partial charge in [-0.3, -0.25) is 4.79 Å². The third-order valence-corrected chi connectivity index (χ3v) is 8.23. The van der Waals surface area contributed by atoms with E-state index in [0.29, 0.717) is 10.7 Å². The van der Waals surface area contributed by atoms with Crippen molar-refractivity contribution in [3.8, 4) is 11.1 Å². The number of carbonyl (C=O) groups excluding carboxylic acids is 1. The van der Waals surface area contributed by atoms with Gasteiger partial charge >= 0.3 is 0 Å². The number of piperidine rings is 1. The number of para-hydroxylation sites is 1. The Bertz CT molecular complexity index is 1270. The van der Waals surface area contributed by atoms with E-state index in [4.69, 9.17) is 11.6 Å². The van der Waals surface area contributed by atoms with Gasteiger partial charge in [0.15, 0.2) is 9.84 Å². The van der Waals surface area contributed by atoms with Crippen LogP contribution in [0.5, 0.6) is 0 Å². The number of anilines is 2. The molecular weight excluding hydrogens is 468 g/mol. The van der Waals surface area contributed by atoms with Crippen LogP contribution in [-0.2, 0) is 21.1 Å². The number of halogens is 1. The number of hydrogen-bond acceptors (Lipinski definition) is 4. The summed E-state index contributed by atoms with van der Waals surface area (Å²) in [6, 6.07) is 20.3. The molecule has 3 aromatic rings. The molecule has 0 radical (unpaired) electrons. The van der Waals surface area contributed by atoms with E-state index < -0.39 is 9.84 Å². The summed E-state index contributed by atoms with van der Waals surface area (Å²) in [5.74, 6) is -0.143. The highest BCUT2D eigenvalue weighted by molar-refractivity contribution is 7.91. The van der Waals surface area contributed by atoms with Gasteiger partial charge in [-0.1, -0.05) is 54.9 Å². The first-order valence-corrected chi connectivity index (χ1v) is 13.7. The van der Waals surface area contributed by atoms with Gasteiger partial charge in [0.2, 0.25) is 5.91 Å². The molecule has 0 spiro atoms. The third-order valence-electron chi connectivity index (χ3n) is 6.17. The smallest absolute Gasteiger partial charge is 0.228 e. The molecule has 1 heterocycles. The second kappa shape index (κ2) is 10.6. The standard InChI is InChI=1S/C27H29ClN2O3S/c1-2-34(32,33)22-13-10-20(11-14-22)18-27(31)29-21-12-15-23(25(28)19-21)24-8-4-5-9-26(24)30-16-6-3-7-17-30/h4-5,8-15,19H,2-3,6-7,16-18H2,1H3,(H,29,31). The highest BCUT2D eigenvalue weighted by atomic mass is 35.5. The van der Waals surface area contributed by atoms with Gasteiger partial charge in [0.05, 0.1) is 22.1 Å². The van der Waals surface area contributed by atoms with Crippen molar-refractivity contribution in [2.45, 2.75) is 37.5 Å². The number of amides is 1. The lowest BCUT2D eigenvalue weighted by atomic mass is 10.0. The van der Waals surface area contributed by atoms with Crippen LogP contribution in [-0.4, -0.2) is 33.2 Å². The summed E-state index contributed by atoms with van der Waals surface area (Å²) in [6.07, 6.45) is 3.81. The molecule has 1 aliphatic rings. The number of benzene rings is 3. The fourth-order valence-electron chi connectivity index (χ4n) is 4.30. The number of sulfone groups is 1. The van der Waals surface area contributed by atoms with E-state index in [1.807, 2.05) is 18.2 Å². The number of nitrogens with zero attached hydrogens (tertiary/aromatic N) is 1. The molecule has 0 bridgehead atoms. The van der Waals surface area contributed by atoms with Gasteiger partial charge in [-0.2, -0.15) is 0 Å². The zero-order chi connectivity index (χ0) is 24.1. The fourth-order valence-corrected chi connectivity index (χ4v) is 5.46. The Balaban J connectivity index is 1.46. The molecule has 1 fully saturated rings. The van der Waals surface area contributed by atoms with Gasteiger partial charge in [0, 0.05) is 35.6 Å². The van der Waals surface area contributed by atoms with E-state index in [9.17, 15) is 13.2 Å². The molecule has 178 valence electrons. The third kappa shape index (κ3) is 5.62. The van der Waals surface area contributed by atoms with Crippen molar-refractivity contribution in [1.82, 2.24) is 0 Å². The average molecular weight is 497 g/mol. The summed E-state index contributed by atoms with van der Waals surface area (Å²) < 4.78 is 23.9. The van der Waals surface area contributed by atoms with Crippen molar-refractivity contribution in [3.63, 3.8) is 0 Å². The molecule has 0 unspecified atom stereocenters. The molecule has 34 heavy (non-hydrogen) atoms. The minimum absolute atomic E-state index is 0.0477. The predicted molar refractivity (Wildman–Crippen MR) is 139 cm³/mol. The second-order valence-electron chi connectivity index (χ2n) is 8.53.